The molecule has 1 aliphatic heterocycles. The molecule has 142 valence electrons. The van der Waals surface area contributed by atoms with Gasteiger partial charge in [0.25, 0.3) is 5.91 Å². The lowest BCUT2D eigenvalue weighted by Gasteiger charge is -2.25. The molecule has 2 aromatic rings. The van der Waals surface area contributed by atoms with E-state index in [0.717, 1.165) is 5.56 Å². The molecular weight excluding hydrogens is 368 g/mol. The first kappa shape index (κ1) is 19.0. The van der Waals surface area contributed by atoms with E-state index >= 15 is 0 Å². The number of carbonyl (C=O) groups excluding carboxylic acids is 3. The standard InChI is InChI=1S/C19H20N2O5S/c1-12-5-7-14(8-6-12)20-17(23)10-26-19(24)15-11-27-18(21(15)13(2)22)16-4-3-9-25-16/h3-9,15,18H,10-11H2,1-2H3,(H,20,23)/t15-,18-/m1/s1. The van der Waals surface area contributed by atoms with Crippen LogP contribution in [0.25, 0.3) is 0 Å². The molecule has 1 N–H and O–H groups in total. The normalized spacial score (nSPS) is 19.0. The van der Waals surface area contributed by atoms with E-state index in [1.54, 1.807) is 24.3 Å². The largest absolute Gasteiger partial charge is 0.466 e. The Morgan fingerprint density at radius 3 is 2.63 bits per heavy atom. The zero-order valence-electron chi connectivity index (χ0n) is 15.0. The van der Waals surface area contributed by atoms with Crippen molar-refractivity contribution < 1.29 is 23.5 Å². The lowest BCUT2D eigenvalue weighted by molar-refractivity contribution is -0.155. The number of nitrogens with one attached hydrogen (secondary N) is 1. The summed E-state index contributed by atoms with van der Waals surface area (Å²) in [6, 6.07) is 10.0. The quantitative estimate of drug-likeness (QED) is 0.793. The number of benzene rings is 1. The Kier molecular flexibility index (Phi) is 5.85. The molecule has 2 amide bonds. The molecule has 1 saturated heterocycles. The Morgan fingerprint density at radius 1 is 1.26 bits per heavy atom. The highest BCUT2D eigenvalue weighted by Crippen LogP contribution is 2.41. The van der Waals surface area contributed by atoms with E-state index in [4.69, 9.17) is 9.15 Å². The van der Waals surface area contributed by atoms with Gasteiger partial charge in [0.15, 0.2) is 6.61 Å². The molecule has 0 saturated carbocycles. The molecule has 3 rings (SSSR count). The highest BCUT2D eigenvalue weighted by Gasteiger charge is 2.43. The van der Waals surface area contributed by atoms with Crippen molar-refractivity contribution in [2.24, 2.45) is 0 Å². The van der Waals surface area contributed by atoms with Gasteiger partial charge >= 0.3 is 5.97 Å². The maximum Gasteiger partial charge on any atom is 0.330 e. The number of nitrogens with zero attached hydrogens (tertiary/aromatic N) is 1. The Labute approximate surface area is 161 Å². The van der Waals surface area contributed by atoms with Crippen molar-refractivity contribution in [2.45, 2.75) is 25.3 Å². The summed E-state index contributed by atoms with van der Waals surface area (Å²) in [4.78, 5) is 37.9. The summed E-state index contributed by atoms with van der Waals surface area (Å²) >= 11 is 1.42. The van der Waals surface area contributed by atoms with Crippen molar-refractivity contribution in [3.8, 4) is 0 Å². The van der Waals surface area contributed by atoms with E-state index in [-0.39, 0.29) is 11.3 Å². The number of hydrogen-bond donors (Lipinski definition) is 1. The number of esters is 1. The Morgan fingerprint density at radius 2 is 2.00 bits per heavy atom. The highest BCUT2D eigenvalue weighted by atomic mass is 32.2. The minimum absolute atomic E-state index is 0.257. The zero-order chi connectivity index (χ0) is 19.4. The molecule has 0 spiro atoms. The Bertz CT molecular complexity index is 819. The van der Waals surface area contributed by atoms with Crippen molar-refractivity contribution >= 4 is 35.2 Å². The number of carbonyl (C=O) groups is 3. The lowest BCUT2D eigenvalue weighted by atomic mass is 10.2. The Balaban J connectivity index is 1.57. The maximum atomic E-state index is 12.4. The molecule has 2 heterocycles. The van der Waals surface area contributed by atoms with Gasteiger partial charge in [0, 0.05) is 18.4 Å². The molecule has 27 heavy (non-hydrogen) atoms. The van der Waals surface area contributed by atoms with Crippen molar-refractivity contribution in [1.82, 2.24) is 4.90 Å². The van der Waals surface area contributed by atoms with E-state index in [9.17, 15) is 14.4 Å². The predicted octanol–water partition coefficient (Wildman–Crippen LogP) is 2.73. The minimum Gasteiger partial charge on any atom is -0.466 e. The monoisotopic (exact) mass is 388 g/mol. The van der Waals surface area contributed by atoms with Crippen LogP contribution in [0, 0.1) is 6.92 Å². The van der Waals surface area contributed by atoms with Gasteiger partial charge in [-0.25, -0.2) is 4.79 Å². The van der Waals surface area contributed by atoms with Crippen molar-refractivity contribution in [2.75, 3.05) is 17.7 Å². The number of anilines is 1. The maximum absolute atomic E-state index is 12.4. The second-order valence-corrected chi connectivity index (χ2v) is 7.28. The summed E-state index contributed by atoms with van der Waals surface area (Å²) in [6.07, 6.45) is 1.52. The first-order valence-corrected chi connectivity index (χ1v) is 9.47. The number of amides is 2. The van der Waals surface area contributed by atoms with Crippen LogP contribution in [-0.2, 0) is 19.1 Å². The molecule has 0 bridgehead atoms. The van der Waals surface area contributed by atoms with E-state index in [0.29, 0.717) is 17.2 Å². The molecule has 0 radical (unpaired) electrons. The van der Waals surface area contributed by atoms with Crippen LogP contribution in [0.5, 0.6) is 0 Å². The van der Waals surface area contributed by atoms with Gasteiger partial charge in [0.05, 0.1) is 6.26 Å². The van der Waals surface area contributed by atoms with E-state index < -0.39 is 24.5 Å². The van der Waals surface area contributed by atoms with Crippen LogP contribution >= 0.6 is 11.8 Å². The van der Waals surface area contributed by atoms with Crippen molar-refractivity contribution in [3.63, 3.8) is 0 Å². The summed E-state index contributed by atoms with van der Waals surface area (Å²) in [6.45, 7) is 2.93. The summed E-state index contributed by atoms with van der Waals surface area (Å²) < 4.78 is 10.5. The third-order valence-corrected chi connectivity index (χ3v) is 5.39. The van der Waals surface area contributed by atoms with Gasteiger partial charge in [-0.1, -0.05) is 17.7 Å². The van der Waals surface area contributed by atoms with Gasteiger partial charge in [-0.3, -0.25) is 9.59 Å². The fourth-order valence-electron chi connectivity index (χ4n) is 2.79. The fraction of sp³-hybridized carbons (Fsp3) is 0.316. The number of hydrogen-bond acceptors (Lipinski definition) is 6. The van der Waals surface area contributed by atoms with Gasteiger partial charge in [-0.2, -0.15) is 0 Å². The minimum atomic E-state index is -0.755. The molecule has 0 aliphatic carbocycles. The SMILES string of the molecule is CC(=O)N1[C@@H](C(=O)OCC(=O)Nc2ccc(C)cc2)CS[C@@H]1c1ccco1. The molecule has 1 aromatic carbocycles. The van der Waals surface area contributed by atoms with Crippen molar-refractivity contribution in [3.05, 3.63) is 54.0 Å². The van der Waals surface area contributed by atoms with Gasteiger partial charge in [0.1, 0.15) is 17.2 Å². The Hall–Kier alpha value is -2.74. The summed E-state index contributed by atoms with van der Waals surface area (Å²) in [5, 5.41) is 2.28. The van der Waals surface area contributed by atoms with Gasteiger partial charge < -0.3 is 19.4 Å². The smallest absolute Gasteiger partial charge is 0.330 e. The van der Waals surface area contributed by atoms with Crippen LogP contribution in [0.15, 0.2) is 47.1 Å². The van der Waals surface area contributed by atoms with Crippen LogP contribution < -0.4 is 5.32 Å². The number of aryl methyl sites for hydroxylation is 1. The van der Waals surface area contributed by atoms with Crippen LogP contribution in [0.1, 0.15) is 23.6 Å². The first-order chi connectivity index (χ1) is 13.0. The number of rotatable bonds is 5. The van der Waals surface area contributed by atoms with Gasteiger partial charge in [-0.05, 0) is 31.2 Å². The van der Waals surface area contributed by atoms with Crippen LogP contribution in [-0.4, -0.2) is 41.1 Å². The van der Waals surface area contributed by atoms with E-state index in [1.807, 2.05) is 19.1 Å². The third kappa shape index (κ3) is 4.51. The molecule has 1 aromatic heterocycles. The second kappa shape index (κ2) is 8.30. The fourth-order valence-corrected chi connectivity index (χ4v) is 4.21. The number of thioether (sulfide) groups is 1. The zero-order valence-corrected chi connectivity index (χ0v) is 15.8. The van der Waals surface area contributed by atoms with Crippen LogP contribution in [0.3, 0.4) is 0 Å². The molecule has 8 heteroatoms. The summed E-state index contributed by atoms with van der Waals surface area (Å²) in [5.41, 5.74) is 1.70. The molecule has 1 fully saturated rings. The van der Waals surface area contributed by atoms with E-state index in [2.05, 4.69) is 5.32 Å². The number of furan rings is 1. The highest BCUT2D eigenvalue weighted by molar-refractivity contribution is 7.99. The van der Waals surface area contributed by atoms with E-state index in [1.165, 1.54) is 29.8 Å². The average Bonchev–Trinajstić information content (AvgIpc) is 3.30. The molecule has 7 nitrogen and oxygen atoms in total. The topological polar surface area (TPSA) is 88.8 Å². The van der Waals surface area contributed by atoms with Crippen LogP contribution in [0.4, 0.5) is 5.69 Å². The molecule has 1 aliphatic rings. The van der Waals surface area contributed by atoms with Crippen LogP contribution in [0.2, 0.25) is 0 Å². The molecular formula is C19H20N2O5S. The molecule has 2 atom stereocenters. The third-order valence-electron chi connectivity index (χ3n) is 4.10. The summed E-state index contributed by atoms with van der Waals surface area (Å²) in [7, 11) is 0. The van der Waals surface area contributed by atoms with Crippen molar-refractivity contribution in [1.29, 1.82) is 0 Å². The second-order valence-electron chi connectivity index (χ2n) is 6.17. The summed E-state index contributed by atoms with van der Waals surface area (Å²) in [5.74, 6) is -0.320. The van der Waals surface area contributed by atoms with Gasteiger partial charge in [0.2, 0.25) is 5.91 Å². The molecule has 0 unspecified atom stereocenters. The lowest BCUT2D eigenvalue weighted by Crippen LogP contribution is -2.43. The first-order valence-electron chi connectivity index (χ1n) is 8.43. The predicted molar refractivity (Wildman–Crippen MR) is 101 cm³/mol. The number of ether oxygens (including phenoxy) is 1. The average molecular weight is 388 g/mol. The van der Waals surface area contributed by atoms with Gasteiger partial charge in [-0.15, -0.1) is 11.8 Å².